The van der Waals surface area contributed by atoms with E-state index in [9.17, 15) is 4.79 Å². The fourth-order valence-electron chi connectivity index (χ4n) is 4.34. The monoisotopic (exact) mass is 438 g/mol. The largest absolute Gasteiger partial charge is 0.462 e. The van der Waals surface area contributed by atoms with Crippen molar-refractivity contribution in [2.45, 2.75) is 52.4 Å². The van der Waals surface area contributed by atoms with Crippen LogP contribution in [-0.2, 0) is 12.8 Å². The lowest BCUT2D eigenvalue weighted by atomic mass is 9.91. The van der Waals surface area contributed by atoms with Gasteiger partial charge in [-0.1, -0.05) is 24.3 Å². The Labute approximate surface area is 196 Å². The van der Waals surface area contributed by atoms with Crippen LogP contribution in [0.15, 0.2) is 79.0 Å². The number of hydrogen-bond donors (Lipinski definition) is 0. The highest BCUT2D eigenvalue weighted by Crippen LogP contribution is 2.26. The van der Waals surface area contributed by atoms with E-state index in [1.54, 1.807) is 25.5 Å². The maximum atomic E-state index is 12.3. The maximum Gasteiger partial charge on any atom is 0.160 e. The molecule has 33 heavy (non-hydrogen) atoms. The molecular weight excluding hydrogens is 408 g/mol. The third kappa shape index (κ3) is 6.04. The molecule has 0 bridgehead atoms. The number of carbonyl (C=O) groups excluding carboxylic acids is 1. The van der Waals surface area contributed by atoms with E-state index in [-0.39, 0.29) is 5.78 Å². The van der Waals surface area contributed by atoms with Crippen LogP contribution in [0, 0.1) is 6.92 Å². The SMILES string of the molecule is CC(=O)c1c(C)cc(-c2cnccn2)cc1CCCCc1ccc(OC2=CC=CCC2)cc1. The minimum absolute atomic E-state index is 0.118. The number of aromatic nitrogens is 2. The van der Waals surface area contributed by atoms with E-state index in [0.29, 0.717) is 0 Å². The van der Waals surface area contributed by atoms with Crippen LogP contribution >= 0.6 is 0 Å². The minimum Gasteiger partial charge on any atom is -0.462 e. The van der Waals surface area contributed by atoms with Gasteiger partial charge in [-0.2, -0.15) is 0 Å². The second kappa shape index (κ2) is 10.9. The van der Waals surface area contributed by atoms with Gasteiger partial charge in [0.2, 0.25) is 0 Å². The Kier molecular flexibility index (Phi) is 7.46. The Morgan fingerprint density at radius 3 is 2.58 bits per heavy atom. The number of unbranched alkanes of at least 4 members (excludes halogenated alkanes) is 1. The summed E-state index contributed by atoms with van der Waals surface area (Å²) in [5.74, 6) is 2.03. The molecule has 0 aliphatic heterocycles. The summed E-state index contributed by atoms with van der Waals surface area (Å²) in [4.78, 5) is 20.9. The van der Waals surface area contributed by atoms with E-state index in [2.05, 4.69) is 52.5 Å². The van der Waals surface area contributed by atoms with Gasteiger partial charge in [-0.25, -0.2) is 0 Å². The maximum absolute atomic E-state index is 12.3. The molecule has 0 N–H and O–H groups in total. The zero-order valence-electron chi connectivity index (χ0n) is 19.4. The second-order valence-corrected chi connectivity index (χ2v) is 8.53. The normalized spacial score (nSPS) is 13.0. The average Bonchev–Trinajstić information content (AvgIpc) is 2.83. The number of benzene rings is 2. The first-order valence-electron chi connectivity index (χ1n) is 11.6. The van der Waals surface area contributed by atoms with E-state index < -0.39 is 0 Å². The van der Waals surface area contributed by atoms with Crippen LogP contribution in [0.3, 0.4) is 0 Å². The summed E-state index contributed by atoms with van der Waals surface area (Å²) in [7, 11) is 0. The molecule has 1 aromatic heterocycles. The molecule has 0 saturated carbocycles. The van der Waals surface area contributed by atoms with Gasteiger partial charge in [0.1, 0.15) is 11.5 Å². The lowest BCUT2D eigenvalue weighted by Crippen LogP contribution is -2.04. The van der Waals surface area contributed by atoms with Crippen LogP contribution in [0.2, 0.25) is 0 Å². The highest BCUT2D eigenvalue weighted by molar-refractivity contribution is 5.97. The van der Waals surface area contributed by atoms with Gasteiger partial charge < -0.3 is 4.74 Å². The van der Waals surface area contributed by atoms with Gasteiger partial charge in [0.05, 0.1) is 11.9 Å². The number of rotatable bonds is 9. The Morgan fingerprint density at radius 2 is 1.88 bits per heavy atom. The second-order valence-electron chi connectivity index (χ2n) is 8.53. The van der Waals surface area contributed by atoms with Crippen LogP contribution in [0.5, 0.6) is 5.75 Å². The van der Waals surface area contributed by atoms with E-state index in [4.69, 9.17) is 4.74 Å². The summed E-state index contributed by atoms with van der Waals surface area (Å²) < 4.78 is 5.96. The molecule has 0 radical (unpaired) electrons. The molecule has 0 saturated heterocycles. The van der Waals surface area contributed by atoms with Crippen LogP contribution in [-0.4, -0.2) is 15.8 Å². The van der Waals surface area contributed by atoms with Gasteiger partial charge in [-0.15, -0.1) is 0 Å². The van der Waals surface area contributed by atoms with Crippen molar-refractivity contribution in [1.82, 2.24) is 9.97 Å². The van der Waals surface area contributed by atoms with Crippen molar-refractivity contribution in [2.75, 3.05) is 0 Å². The molecular formula is C29H30N2O2. The van der Waals surface area contributed by atoms with E-state index in [1.807, 2.05) is 19.1 Å². The topological polar surface area (TPSA) is 52.1 Å². The zero-order chi connectivity index (χ0) is 23.0. The molecule has 1 heterocycles. The average molecular weight is 439 g/mol. The summed E-state index contributed by atoms with van der Waals surface area (Å²) in [5.41, 5.74) is 6.09. The van der Waals surface area contributed by atoms with Gasteiger partial charge >= 0.3 is 0 Å². The van der Waals surface area contributed by atoms with Crippen molar-refractivity contribution in [2.24, 2.45) is 0 Å². The molecule has 0 unspecified atom stereocenters. The van der Waals surface area contributed by atoms with Crippen LogP contribution in [0.25, 0.3) is 11.3 Å². The quantitative estimate of drug-likeness (QED) is 0.271. The molecule has 0 fully saturated rings. The number of Topliss-reactive ketones (excluding diaryl/α,β-unsaturated/α-hetero) is 1. The third-order valence-electron chi connectivity index (χ3n) is 5.94. The lowest BCUT2D eigenvalue weighted by molar-refractivity contribution is 0.101. The Hall–Kier alpha value is -3.53. The molecule has 3 aromatic rings. The highest BCUT2D eigenvalue weighted by Gasteiger charge is 2.14. The zero-order valence-corrected chi connectivity index (χ0v) is 19.4. The van der Waals surface area contributed by atoms with Gasteiger partial charge in [0.25, 0.3) is 0 Å². The van der Waals surface area contributed by atoms with Crippen LogP contribution in [0.1, 0.15) is 59.7 Å². The lowest BCUT2D eigenvalue weighted by Gasteiger charge is -2.13. The first-order chi connectivity index (χ1) is 16.1. The number of aryl methyl sites for hydroxylation is 3. The fourth-order valence-corrected chi connectivity index (χ4v) is 4.34. The van der Waals surface area contributed by atoms with Gasteiger partial charge in [-0.05, 0) is 93.0 Å². The van der Waals surface area contributed by atoms with E-state index >= 15 is 0 Å². The van der Waals surface area contributed by atoms with E-state index in [1.165, 1.54) is 5.56 Å². The number of nitrogens with zero attached hydrogens (tertiary/aromatic N) is 2. The third-order valence-corrected chi connectivity index (χ3v) is 5.94. The molecule has 1 aliphatic carbocycles. The molecule has 1 aliphatic rings. The summed E-state index contributed by atoms with van der Waals surface area (Å²) in [6.07, 6.45) is 17.3. The van der Waals surface area contributed by atoms with Crippen molar-refractivity contribution >= 4 is 5.78 Å². The van der Waals surface area contributed by atoms with Gasteiger partial charge in [0, 0.05) is 29.9 Å². The van der Waals surface area contributed by atoms with Crippen molar-refractivity contribution in [1.29, 1.82) is 0 Å². The summed E-state index contributed by atoms with van der Waals surface area (Å²) in [5, 5.41) is 0. The van der Waals surface area contributed by atoms with Crippen LogP contribution in [0.4, 0.5) is 0 Å². The summed E-state index contributed by atoms with van der Waals surface area (Å²) >= 11 is 0. The standard InChI is InChI=1S/C29H30N2O2/c1-21-18-25(28-20-30-16-17-31-28)19-24(29(21)22(2)32)9-7-6-8-23-12-14-27(15-13-23)33-26-10-4-3-5-11-26/h3-4,10,12-20H,5-9,11H2,1-2H3. The van der Waals surface area contributed by atoms with Crippen molar-refractivity contribution in [3.63, 3.8) is 0 Å². The Morgan fingerprint density at radius 1 is 1.06 bits per heavy atom. The molecule has 168 valence electrons. The molecule has 4 rings (SSSR count). The number of ether oxygens (including phenoxy) is 1. The summed E-state index contributed by atoms with van der Waals surface area (Å²) in [6.45, 7) is 3.65. The van der Waals surface area contributed by atoms with Gasteiger partial charge in [0.15, 0.2) is 5.78 Å². The van der Waals surface area contributed by atoms with E-state index in [0.717, 1.165) is 78.0 Å². The fraction of sp³-hybridized carbons (Fsp3) is 0.276. The van der Waals surface area contributed by atoms with Crippen molar-refractivity contribution in [3.05, 3.63) is 101 Å². The van der Waals surface area contributed by atoms with Crippen molar-refractivity contribution in [3.8, 4) is 17.0 Å². The Balaban J connectivity index is 1.37. The van der Waals surface area contributed by atoms with Gasteiger partial charge in [-0.3, -0.25) is 14.8 Å². The molecule has 0 atom stereocenters. The highest BCUT2D eigenvalue weighted by atomic mass is 16.5. The minimum atomic E-state index is 0.118. The predicted octanol–water partition coefficient (Wildman–Crippen LogP) is 6.83. The number of hydrogen-bond acceptors (Lipinski definition) is 4. The van der Waals surface area contributed by atoms with Crippen LogP contribution < -0.4 is 4.74 Å². The molecule has 0 spiro atoms. The summed E-state index contributed by atoms with van der Waals surface area (Å²) in [6, 6.07) is 12.5. The first-order valence-corrected chi connectivity index (χ1v) is 11.6. The number of allylic oxidation sites excluding steroid dienone is 4. The predicted molar refractivity (Wildman–Crippen MR) is 132 cm³/mol. The molecule has 4 heteroatoms. The van der Waals surface area contributed by atoms with Crippen molar-refractivity contribution < 1.29 is 9.53 Å². The molecule has 0 amide bonds. The Bertz CT molecular complexity index is 1160. The first kappa shape index (κ1) is 22.7. The smallest absolute Gasteiger partial charge is 0.160 e. The molecule has 4 nitrogen and oxygen atoms in total. The number of carbonyl (C=O) groups is 1. The number of ketones is 1. The molecule has 2 aromatic carbocycles.